The Hall–Kier alpha value is -1.09. The summed E-state index contributed by atoms with van der Waals surface area (Å²) in [5.41, 5.74) is 1.70. The number of cyclic esters (lactones) is 1. The number of ether oxygens (including phenoxy) is 1. The molecule has 1 heterocycles. The summed E-state index contributed by atoms with van der Waals surface area (Å²) in [6.07, 6.45) is 13.6. The molecule has 168 valence electrons. The molecule has 30 heavy (non-hydrogen) atoms. The van der Waals surface area contributed by atoms with Gasteiger partial charge in [-0.15, -0.1) is 0 Å². The highest BCUT2D eigenvalue weighted by Gasteiger charge is 2.35. The second-order valence-corrected chi connectivity index (χ2v) is 9.82. The molecule has 1 saturated carbocycles. The van der Waals surface area contributed by atoms with Gasteiger partial charge in [0.15, 0.2) is 0 Å². The van der Waals surface area contributed by atoms with Crippen molar-refractivity contribution in [3.63, 3.8) is 0 Å². The largest absolute Gasteiger partial charge is 0.462 e. The number of aryl methyl sites for hydroxylation is 2. The fourth-order valence-corrected chi connectivity index (χ4v) is 5.56. The molecule has 2 nitrogen and oxygen atoms in total. The van der Waals surface area contributed by atoms with E-state index >= 15 is 0 Å². The van der Waals surface area contributed by atoms with E-state index in [-0.39, 0.29) is 23.8 Å². The molecule has 2 aliphatic rings. The van der Waals surface area contributed by atoms with Crippen LogP contribution in [-0.4, -0.2) is 12.1 Å². The molecule has 2 atom stereocenters. The minimum Gasteiger partial charge on any atom is -0.462 e. The van der Waals surface area contributed by atoms with Crippen molar-refractivity contribution in [2.75, 3.05) is 0 Å². The van der Waals surface area contributed by atoms with Crippen LogP contribution in [0.25, 0.3) is 0 Å². The van der Waals surface area contributed by atoms with Crippen molar-refractivity contribution in [2.24, 2.45) is 17.8 Å². The molecule has 1 aromatic carbocycles. The Morgan fingerprint density at radius 2 is 1.73 bits per heavy atom. The normalized spacial score (nSPS) is 27.1. The summed E-state index contributed by atoms with van der Waals surface area (Å²) < 4.78 is 20.4. The van der Waals surface area contributed by atoms with E-state index in [2.05, 4.69) is 13.8 Å². The zero-order chi connectivity index (χ0) is 21.5. The van der Waals surface area contributed by atoms with E-state index in [0.717, 1.165) is 81.8 Å². The molecular weight excluding hydrogens is 399 g/mol. The van der Waals surface area contributed by atoms with Crippen molar-refractivity contribution < 1.29 is 13.9 Å². The maximum absolute atomic E-state index is 14.6. The minimum atomic E-state index is -0.210. The van der Waals surface area contributed by atoms with E-state index in [0.29, 0.717) is 16.9 Å². The quantitative estimate of drug-likeness (QED) is 0.293. The lowest BCUT2D eigenvalue weighted by atomic mass is 9.75. The summed E-state index contributed by atoms with van der Waals surface area (Å²) in [6, 6.07) is 3.97. The van der Waals surface area contributed by atoms with Crippen LogP contribution in [0.2, 0.25) is 5.02 Å². The first kappa shape index (κ1) is 23.6. The van der Waals surface area contributed by atoms with Crippen LogP contribution < -0.4 is 0 Å². The van der Waals surface area contributed by atoms with Crippen molar-refractivity contribution in [1.29, 1.82) is 0 Å². The maximum Gasteiger partial charge on any atom is 0.309 e. The van der Waals surface area contributed by atoms with Gasteiger partial charge in [0, 0.05) is 0 Å². The smallest absolute Gasteiger partial charge is 0.309 e. The minimum absolute atomic E-state index is 0.0192. The fourth-order valence-electron chi connectivity index (χ4n) is 5.28. The van der Waals surface area contributed by atoms with Gasteiger partial charge in [-0.25, -0.2) is 4.39 Å². The van der Waals surface area contributed by atoms with E-state index in [1.54, 1.807) is 0 Å². The Labute approximate surface area is 186 Å². The Kier molecular flexibility index (Phi) is 9.04. The number of halogens is 2. The number of carbonyl (C=O) groups is 1. The van der Waals surface area contributed by atoms with E-state index in [1.165, 1.54) is 12.8 Å². The molecule has 1 aromatic rings. The van der Waals surface area contributed by atoms with Gasteiger partial charge in [0.25, 0.3) is 0 Å². The number of rotatable bonds is 9. The number of hydrogen-bond acceptors (Lipinski definition) is 2. The molecule has 4 heteroatoms. The van der Waals surface area contributed by atoms with Crippen LogP contribution >= 0.6 is 11.6 Å². The van der Waals surface area contributed by atoms with Gasteiger partial charge in [-0.3, -0.25) is 4.79 Å². The summed E-state index contributed by atoms with van der Waals surface area (Å²) in [4.78, 5) is 12.1. The van der Waals surface area contributed by atoms with E-state index in [4.69, 9.17) is 16.3 Å². The van der Waals surface area contributed by atoms with Gasteiger partial charge < -0.3 is 4.74 Å². The fraction of sp³-hybridized carbons (Fsp3) is 0.731. The highest BCUT2D eigenvalue weighted by Crippen LogP contribution is 2.38. The zero-order valence-corrected chi connectivity index (χ0v) is 19.5. The molecule has 0 aromatic heterocycles. The van der Waals surface area contributed by atoms with Crippen LogP contribution in [-0.2, 0) is 22.4 Å². The molecule has 3 rings (SSSR count). The molecule has 0 radical (unpaired) electrons. The van der Waals surface area contributed by atoms with Gasteiger partial charge in [-0.1, -0.05) is 63.3 Å². The van der Waals surface area contributed by atoms with Crippen molar-refractivity contribution in [2.45, 2.75) is 103 Å². The first-order chi connectivity index (χ1) is 14.5. The van der Waals surface area contributed by atoms with E-state index in [9.17, 15) is 9.18 Å². The van der Waals surface area contributed by atoms with Crippen LogP contribution in [0, 0.1) is 23.6 Å². The van der Waals surface area contributed by atoms with Crippen LogP contribution in [0.15, 0.2) is 12.1 Å². The van der Waals surface area contributed by atoms with Crippen LogP contribution in [0.4, 0.5) is 4.39 Å². The average Bonchev–Trinajstić information content (AvgIpc) is 2.76. The number of esters is 1. The van der Waals surface area contributed by atoms with Gasteiger partial charge in [0.2, 0.25) is 0 Å². The highest BCUT2D eigenvalue weighted by molar-refractivity contribution is 6.31. The average molecular weight is 437 g/mol. The first-order valence-corrected chi connectivity index (χ1v) is 12.6. The predicted octanol–water partition coefficient (Wildman–Crippen LogP) is 7.68. The van der Waals surface area contributed by atoms with Gasteiger partial charge in [-0.2, -0.15) is 0 Å². The van der Waals surface area contributed by atoms with Crippen LogP contribution in [0.5, 0.6) is 0 Å². The van der Waals surface area contributed by atoms with E-state index in [1.807, 2.05) is 12.1 Å². The Balaban J connectivity index is 1.44. The summed E-state index contributed by atoms with van der Waals surface area (Å²) in [7, 11) is 0. The number of benzene rings is 1. The predicted molar refractivity (Wildman–Crippen MR) is 121 cm³/mol. The molecule has 0 amide bonds. The van der Waals surface area contributed by atoms with Crippen molar-refractivity contribution in [3.8, 4) is 0 Å². The molecule has 1 aliphatic carbocycles. The molecule has 0 N–H and O–H groups in total. The number of carbonyl (C=O) groups excluding carboxylic acids is 1. The topological polar surface area (TPSA) is 26.3 Å². The SMILES string of the molecule is CCCCCc1ccc(CCC2CCC(C3CCC(CC)C(=O)O3)CC2)c(Cl)c1F. The second kappa shape index (κ2) is 11.5. The maximum atomic E-state index is 14.6. The lowest BCUT2D eigenvalue weighted by molar-refractivity contribution is -0.165. The van der Waals surface area contributed by atoms with Crippen LogP contribution in [0.1, 0.15) is 95.6 Å². The van der Waals surface area contributed by atoms with Gasteiger partial charge >= 0.3 is 5.97 Å². The Morgan fingerprint density at radius 3 is 2.40 bits per heavy atom. The van der Waals surface area contributed by atoms with Gasteiger partial charge in [0.05, 0.1) is 10.9 Å². The van der Waals surface area contributed by atoms with E-state index < -0.39 is 0 Å². The third-order valence-electron chi connectivity index (χ3n) is 7.42. The van der Waals surface area contributed by atoms with Crippen molar-refractivity contribution in [1.82, 2.24) is 0 Å². The molecule has 1 saturated heterocycles. The van der Waals surface area contributed by atoms with Crippen molar-refractivity contribution >= 4 is 17.6 Å². The van der Waals surface area contributed by atoms with Gasteiger partial charge in [0.1, 0.15) is 11.9 Å². The summed E-state index contributed by atoms with van der Waals surface area (Å²) in [6.45, 7) is 4.22. The molecule has 0 bridgehead atoms. The second-order valence-electron chi connectivity index (χ2n) is 9.45. The van der Waals surface area contributed by atoms with Crippen LogP contribution in [0.3, 0.4) is 0 Å². The van der Waals surface area contributed by atoms with Crippen molar-refractivity contribution in [3.05, 3.63) is 34.1 Å². The lowest BCUT2D eigenvalue weighted by Crippen LogP contribution is -2.37. The zero-order valence-electron chi connectivity index (χ0n) is 18.7. The lowest BCUT2D eigenvalue weighted by Gasteiger charge is -2.37. The Morgan fingerprint density at radius 1 is 1.00 bits per heavy atom. The molecular formula is C26H38ClFO2. The van der Waals surface area contributed by atoms with Gasteiger partial charge in [-0.05, 0) is 80.8 Å². The highest BCUT2D eigenvalue weighted by atomic mass is 35.5. The molecule has 1 aliphatic heterocycles. The first-order valence-electron chi connectivity index (χ1n) is 12.2. The number of hydrogen-bond donors (Lipinski definition) is 0. The summed E-state index contributed by atoms with van der Waals surface area (Å²) in [5, 5.41) is 0.331. The third kappa shape index (κ3) is 5.99. The standard InChI is InChI=1S/C26H38ClFO2/c1-3-5-6-7-22-15-14-21(24(27)25(22)28)13-10-18-8-11-20(12-9-18)23-17-16-19(4-2)26(29)30-23/h14-15,18-20,23H,3-13,16-17H2,1-2H3. The molecule has 2 unspecified atom stereocenters. The summed E-state index contributed by atoms with van der Waals surface area (Å²) >= 11 is 6.37. The molecule has 0 spiro atoms. The summed E-state index contributed by atoms with van der Waals surface area (Å²) in [5.74, 6) is 1.10. The monoisotopic (exact) mass is 436 g/mol. The number of unbranched alkanes of at least 4 members (excludes halogenated alkanes) is 2. The third-order valence-corrected chi connectivity index (χ3v) is 7.83. The molecule has 2 fully saturated rings. The Bertz CT molecular complexity index is 697.